The Kier molecular flexibility index (Phi) is 4.41. The van der Waals surface area contributed by atoms with Crippen LogP contribution in [0.3, 0.4) is 0 Å². The van der Waals surface area contributed by atoms with Gasteiger partial charge in [-0.3, -0.25) is 4.79 Å². The number of aliphatic carboxylic acids is 1. The maximum absolute atomic E-state index is 12.5. The number of carbonyl (C=O) groups is 2. The summed E-state index contributed by atoms with van der Waals surface area (Å²) in [6.07, 6.45) is 3.10. The monoisotopic (exact) mass is 318 g/mol. The van der Waals surface area contributed by atoms with Gasteiger partial charge in [-0.15, -0.1) is 0 Å². The average molecular weight is 318 g/mol. The van der Waals surface area contributed by atoms with Gasteiger partial charge in [0.05, 0.1) is 19.1 Å². The van der Waals surface area contributed by atoms with Crippen molar-refractivity contribution in [1.82, 2.24) is 10.2 Å². The van der Waals surface area contributed by atoms with Crippen molar-refractivity contribution in [1.29, 1.82) is 0 Å². The number of ether oxygens (including phenoxy) is 1. The highest BCUT2D eigenvalue weighted by molar-refractivity contribution is 5.77. The molecule has 0 spiro atoms. The molecular weight excluding hydrogens is 296 g/mol. The van der Waals surface area contributed by atoms with E-state index < -0.39 is 11.9 Å². The van der Waals surface area contributed by atoms with Crippen LogP contribution in [0.1, 0.15) is 36.4 Å². The minimum Gasteiger partial charge on any atom is -0.496 e. The van der Waals surface area contributed by atoms with Crippen LogP contribution in [-0.4, -0.2) is 42.2 Å². The summed E-state index contributed by atoms with van der Waals surface area (Å²) in [6, 6.07) is 5.69. The highest BCUT2D eigenvalue weighted by atomic mass is 16.5. The standard InChI is InChI=1S/C17H22N2O4/c1-23-15-6-2-5-12-13(15)7-8-14(12)18-17(22)19-9-3-4-11(10-19)16(20)21/h2,5-6,11,14H,3-4,7-10H2,1H3,(H,18,22)(H,20,21). The third-order valence-corrected chi connectivity index (χ3v) is 4.80. The summed E-state index contributed by atoms with van der Waals surface area (Å²) in [5.74, 6) is -0.410. The van der Waals surface area contributed by atoms with E-state index in [1.54, 1.807) is 12.0 Å². The minimum absolute atomic E-state index is 0.0298. The fraction of sp³-hybridized carbons (Fsp3) is 0.529. The predicted molar refractivity (Wildman–Crippen MR) is 84.5 cm³/mol. The third kappa shape index (κ3) is 3.11. The lowest BCUT2D eigenvalue weighted by Crippen LogP contribution is -2.47. The highest BCUT2D eigenvalue weighted by Gasteiger charge is 2.31. The number of rotatable bonds is 3. The minimum atomic E-state index is -0.821. The molecule has 2 unspecified atom stereocenters. The first kappa shape index (κ1) is 15.6. The van der Waals surface area contributed by atoms with Crippen LogP contribution >= 0.6 is 0 Å². The van der Waals surface area contributed by atoms with E-state index in [-0.39, 0.29) is 12.1 Å². The molecule has 1 saturated heterocycles. The van der Waals surface area contributed by atoms with Gasteiger partial charge >= 0.3 is 12.0 Å². The first-order valence-corrected chi connectivity index (χ1v) is 8.04. The van der Waals surface area contributed by atoms with Gasteiger partial charge in [0.15, 0.2) is 0 Å². The molecule has 2 aliphatic rings. The van der Waals surface area contributed by atoms with Crippen LogP contribution in [0.25, 0.3) is 0 Å². The number of nitrogens with zero attached hydrogens (tertiary/aromatic N) is 1. The van der Waals surface area contributed by atoms with E-state index in [1.165, 1.54) is 0 Å². The van der Waals surface area contributed by atoms with Gasteiger partial charge in [-0.1, -0.05) is 12.1 Å². The smallest absolute Gasteiger partial charge is 0.317 e. The summed E-state index contributed by atoms with van der Waals surface area (Å²) < 4.78 is 5.38. The number of hydrogen-bond donors (Lipinski definition) is 2. The molecular formula is C17H22N2O4. The number of carboxylic acids is 1. The number of amides is 2. The second kappa shape index (κ2) is 6.48. The van der Waals surface area contributed by atoms with Gasteiger partial charge in [-0.2, -0.15) is 0 Å². The molecule has 1 fully saturated rings. The summed E-state index contributed by atoms with van der Waals surface area (Å²) in [6.45, 7) is 0.909. The lowest BCUT2D eigenvalue weighted by Gasteiger charge is -2.31. The molecule has 1 aromatic carbocycles. The lowest BCUT2D eigenvalue weighted by molar-refractivity contribution is -0.143. The van der Waals surface area contributed by atoms with E-state index in [0.717, 1.165) is 36.1 Å². The molecule has 1 aliphatic carbocycles. The number of nitrogens with one attached hydrogen (secondary N) is 1. The Labute approximate surface area is 135 Å². The van der Waals surface area contributed by atoms with Crippen molar-refractivity contribution in [3.63, 3.8) is 0 Å². The zero-order chi connectivity index (χ0) is 16.4. The summed E-state index contributed by atoms with van der Waals surface area (Å²) in [5, 5.41) is 12.2. The first-order valence-electron chi connectivity index (χ1n) is 8.04. The number of hydrogen-bond acceptors (Lipinski definition) is 3. The summed E-state index contributed by atoms with van der Waals surface area (Å²) in [4.78, 5) is 25.2. The van der Waals surface area contributed by atoms with E-state index in [0.29, 0.717) is 19.5 Å². The SMILES string of the molecule is COc1cccc2c1CCC2NC(=O)N1CCCC(C(=O)O)C1. The molecule has 1 heterocycles. The quantitative estimate of drug-likeness (QED) is 0.895. The Balaban J connectivity index is 1.67. The van der Waals surface area contributed by atoms with Crippen molar-refractivity contribution in [3.8, 4) is 5.75 Å². The number of methoxy groups -OCH3 is 1. The number of urea groups is 1. The largest absolute Gasteiger partial charge is 0.496 e. The summed E-state index contributed by atoms with van der Waals surface area (Å²) >= 11 is 0. The number of fused-ring (bicyclic) bond motifs is 1. The molecule has 0 radical (unpaired) electrons. The summed E-state index contributed by atoms with van der Waals surface area (Å²) in [7, 11) is 1.65. The van der Waals surface area contributed by atoms with Crippen molar-refractivity contribution in [2.45, 2.75) is 31.7 Å². The third-order valence-electron chi connectivity index (χ3n) is 4.80. The Morgan fingerprint density at radius 2 is 2.17 bits per heavy atom. The highest BCUT2D eigenvalue weighted by Crippen LogP contribution is 2.36. The lowest BCUT2D eigenvalue weighted by atomic mass is 9.98. The van der Waals surface area contributed by atoms with Crippen LogP contribution in [0.5, 0.6) is 5.75 Å². The fourth-order valence-electron chi connectivity index (χ4n) is 3.57. The second-order valence-electron chi connectivity index (χ2n) is 6.19. The van der Waals surface area contributed by atoms with E-state index in [4.69, 9.17) is 9.84 Å². The van der Waals surface area contributed by atoms with Gasteiger partial charge in [-0.05, 0) is 42.9 Å². The Bertz CT molecular complexity index is 617. The Hall–Kier alpha value is -2.24. The van der Waals surface area contributed by atoms with Gasteiger partial charge in [0.1, 0.15) is 5.75 Å². The number of likely N-dealkylation sites (tertiary alicyclic amines) is 1. The number of piperidine rings is 1. The van der Waals surface area contributed by atoms with E-state index >= 15 is 0 Å². The van der Waals surface area contributed by atoms with E-state index in [9.17, 15) is 9.59 Å². The molecule has 3 rings (SSSR count). The topological polar surface area (TPSA) is 78.9 Å². The summed E-state index contributed by atoms with van der Waals surface area (Å²) in [5.41, 5.74) is 2.26. The molecule has 1 aromatic rings. The molecule has 2 atom stereocenters. The van der Waals surface area contributed by atoms with Crippen molar-refractivity contribution < 1.29 is 19.4 Å². The van der Waals surface area contributed by atoms with Gasteiger partial charge in [-0.25, -0.2) is 4.79 Å². The molecule has 124 valence electrons. The molecule has 2 N–H and O–H groups in total. The van der Waals surface area contributed by atoms with Crippen LogP contribution in [0.15, 0.2) is 18.2 Å². The van der Waals surface area contributed by atoms with E-state index in [2.05, 4.69) is 5.32 Å². The van der Waals surface area contributed by atoms with Gasteiger partial charge < -0.3 is 20.1 Å². The molecule has 23 heavy (non-hydrogen) atoms. The number of carboxylic acid groups (broad SMARTS) is 1. The van der Waals surface area contributed by atoms with Crippen molar-refractivity contribution in [2.24, 2.45) is 5.92 Å². The van der Waals surface area contributed by atoms with Crippen LogP contribution < -0.4 is 10.1 Å². The van der Waals surface area contributed by atoms with Crippen LogP contribution in [-0.2, 0) is 11.2 Å². The maximum atomic E-state index is 12.5. The van der Waals surface area contributed by atoms with Gasteiger partial charge in [0.2, 0.25) is 0 Å². The molecule has 2 amide bonds. The van der Waals surface area contributed by atoms with Crippen molar-refractivity contribution in [3.05, 3.63) is 29.3 Å². The predicted octanol–water partition coefficient (Wildman–Crippen LogP) is 2.19. The molecule has 6 heteroatoms. The number of benzene rings is 1. The number of carbonyl (C=O) groups excluding carboxylic acids is 1. The van der Waals surface area contributed by atoms with Gasteiger partial charge in [0.25, 0.3) is 0 Å². The van der Waals surface area contributed by atoms with E-state index in [1.807, 2.05) is 18.2 Å². The Morgan fingerprint density at radius 1 is 1.35 bits per heavy atom. The normalized spacial score (nSPS) is 23.3. The molecule has 6 nitrogen and oxygen atoms in total. The van der Waals surface area contributed by atoms with Crippen LogP contribution in [0.4, 0.5) is 4.79 Å². The van der Waals surface area contributed by atoms with Crippen molar-refractivity contribution >= 4 is 12.0 Å². The molecule has 0 aromatic heterocycles. The van der Waals surface area contributed by atoms with Crippen molar-refractivity contribution in [2.75, 3.05) is 20.2 Å². The average Bonchev–Trinajstić information content (AvgIpc) is 2.98. The zero-order valence-electron chi connectivity index (χ0n) is 13.2. The maximum Gasteiger partial charge on any atom is 0.317 e. The zero-order valence-corrected chi connectivity index (χ0v) is 13.2. The second-order valence-corrected chi connectivity index (χ2v) is 6.19. The Morgan fingerprint density at radius 3 is 2.91 bits per heavy atom. The van der Waals surface area contributed by atoms with Gasteiger partial charge in [0, 0.05) is 13.1 Å². The molecule has 1 aliphatic heterocycles. The molecule has 0 saturated carbocycles. The van der Waals surface area contributed by atoms with Crippen LogP contribution in [0, 0.1) is 5.92 Å². The van der Waals surface area contributed by atoms with Crippen LogP contribution in [0.2, 0.25) is 0 Å². The first-order chi connectivity index (χ1) is 11.1. The molecule has 0 bridgehead atoms. The fourth-order valence-corrected chi connectivity index (χ4v) is 3.57.